The van der Waals surface area contributed by atoms with Gasteiger partial charge in [-0.3, -0.25) is 0 Å². The SMILES string of the molecule is CCCc1ccc(S(=O)(=O)NC(C)c2ccc(OC)c(OC)c2)cc1. The summed E-state index contributed by atoms with van der Waals surface area (Å²) in [5.74, 6) is 1.17. The zero-order valence-electron chi connectivity index (χ0n) is 15.1. The molecule has 0 saturated heterocycles. The maximum Gasteiger partial charge on any atom is 0.241 e. The number of ether oxygens (including phenoxy) is 2. The highest BCUT2D eigenvalue weighted by molar-refractivity contribution is 7.89. The van der Waals surface area contributed by atoms with Crippen molar-refractivity contribution in [2.24, 2.45) is 0 Å². The van der Waals surface area contributed by atoms with Gasteiger partial charge in [0.2, 0.25) is 10.0 Å². The lowest BCUT2D eigenvalue weighted by Gasteiger charge is -2.17. The Labute approximate surface area is 150 Å². The van der Waals surface area contributed by atoms with Gasteiger partial charge in [-0.25, -0.2) is 13.1 Å². The molecule has 1 unspecified atom stereocenters. The van der Waals surface area contributed by atoms with Crippen LogP contribution in [0.4, 0.5) is 0 Å². The number of hydrogen-bond donors (Lipinski definition) is 1. The van der Waals surface area contributed by atoms with E-state index < -0.39 is 16.1 Å². The van der Waals surface area contributed by atoms with Gasteiger partial charge in [-0.15, -0.1) is 0 Å². The molecule has 0 heterocycles. The third-order valence-electron chi connectivity index (χ3n) is 4.01. The topological polar surface area (TPSA) is 64.6 Å². The summed E-state index contributed by atoms with van der Waals surface area (Å²) < 4.78 is 38.4. The molecule has 5 nitrogen and oxygen atoms in total. The molecule has 0 aliphatic heterocycles. The van der Waals surface area contributed by atoms with Crippen molar-refractivity contribution in [2.45, 2.75) is 37.6 Å². The highest BCUT2D eigenvalue weighted by Crippen LogP contribution is 2.30. The van der Waals surface area contributed by atoms with E-state index in [-0.39, 0.29) is 4.90 Å². The molecule has 0 aliphatic carbocycles. The van der Waals surface area contributed by atoms with E-state index in [1.165, 1.54) is 0 Å². The van der Waals surface area contributed by atoms with E-state index >= 15 is 0 Å². The lowest BCUT2D eigenvalue weighted by atomic mass is 10.1. The number of benzene rings is 2. The first-order valence-corrected chi connectivity index (χ1v) is 9.72. The van der Waals surface area contributed by atoms with Gasteiger partial charge in [0.15, 0.2) is 11.5 Å². The average Bonchev–Trinajstić information content (AvgIpc) is 2.61. The molecule has 0 amide bonds. The lowest BCUT2D eigenvalue weighted by Crippen LogP contribution is -2.26. The number of aryl methyl sites for hydroxylation is 1. The van der Waals surface area contributed by atoms with Crippen LogP contribution in [-0.2, 0) is 16.4 Å². The van der Waals surface area contributed by atoms with Gasteiger partial charge in [-0.05, 0) is 48.7 Å². The van der Waals surface area contributed by atoms with Crippen LogP contribution in [0, 0.1) is 0 Å². The van der Waals surface area contributed by atoms with Crippen molar-refractivity contribution in [3.63, 3.8) is 0 Å². The van der Waals surface area contributed by atoms with Crippen molar-refractivity contribution in [1.82, 2.24) is 4.72 Å². The summed E-state index contributed by atoms with van der Waals surface area (Å²) in [6, 6.07) is 12.0. The third-order valence-corrected chi connectivity index (χ3v) is 5.57. The zero-order chi connectivity index (χ0) is 18.4. The van der Waals surface area contributed by atoms with Crippen molar-refractivity contribution in [1.29, 1.82) is 0 Å². The molecule has 0 saturated carbocycles. The Balaban J connectivity index is 2.19. The molecular formula is C19H25NO4S. The largest absolute Gasteiger partial charge is 0.493 e. The van der Waals surface area contributed by atoms with Crippen LogP contribution in [0.3, 0.4) is 0 Å². The van der Waals surface area contributed by atoms with Crippen LogP contribution < -0.4 is 14.2 Å². The van der Waals surface area contributed by atoms with Crippen molar-refractivity contribution in [2.75, 3.05) is 14.2 Å². The predicted octanol–water partition coefficient (Wildman–Crippen LogP) is 3.70. The minimum Gasteiger partial charge on any atom is -0.493 e. The molecule has 2 aromatic carbocycles. The molecule has 6 heteroatoms. The van der Waals surface area contributed by atoms with Gasteiger partial charge in [0.1, 0.15) is 0 Å². The number of hydrogen-bond acceptors (Lipinski definition) is 4. The van der Waals surface area contributed by atoms with Crippen molar-refractivity contribution >= 4 is 10.0 Å². The highest BCUT2D eigenvalue weighted by Gasteiger charge is 2.19. The summed E-state index contributed by atoms with van der Waals surface area (Å²) in [6.07, 6.45) is 1.97. The fourth-order valence-electron chi connectivity index (χ4n) is 2.61. The summed E-state index contributed by atoms with van der Waals surface area (Å²) in [5.41, 5.74) is 1.93. The van der Waals surface area contributed by atoms with Crippen LogP contribution in [0.15, 0.2) is 47.4 Å². The Morgan fingerprint density at radius 1 is 1.00 bits per heavy atom. The minimum atomic E-state index is -3.60. The summed E-state index contributed by atoms with van der Waals surface area (Å²) >= 11 is 0. The van der Waals surface area contributed by atoms with Gasteiger partial charge in [-0.1, -0.05) is 31.5 Å². The van der Waals surface area contributed by atoms with Crippen LogP contribution in [0.1, 0.15) is 37.4 Å². The summed E-state index contributed by atoms with van der Waals surface area (Å²) in [5, 5.41) is 0. The van der Waals surface area contributed by atoms with Gasteiger partial charge in [0.25, 0.3) is 0 Å². The number of rotatable bonds is 8. The van der Waals surface area contributed by atoms with E-state index in [2.05, 4.69) is 11.6 Å². The van der Waals surface area contributed by atoms with Crippen LogP contribution in [0.25, 0.3) is 0 Å². The van der Waals surface area contributed by atoms with Crippen molar-refractivity contribution in [3.8, 4) is 11.5 Å². The molecule has 0 aliphatic rings. The molecule has 0 aromatic heterocycles. The summed E-state index contributed by atoms with van der Waals surface area (Å²) in [4.78, 5) is 0.264. The second kappa shape index (κ2) is 8.36. The first-order valence-electron chi connectivity index (χ1n) is 8.24. The standard InChI is InChI=1S/C19H25NO4S/c1-5-6-15-7-10-17(11-8-15)25(21,22)20-14(2)16-9-12-18(23-3)19(13-16)24-4/h7-14,20H,5-6H2,1-4H3. The number of sulfonamides is 1. The predicted molar refractivity (Wildman–Crippen MR) is 98.7 cm³/mol. The smallest absolute Gasteiger partial charge is 0.241 e. The van der Waals surface area contributed by atoms with E-state index in [0.29, 0.717) is 11.5 Å². The Morgan fingerprint density at radius 2 is 1.64 bits per heavy atom. The normalized spacial score (nSPS) is 12.6. The molecule has 0 spiro atoms. The molecule has 0 radical (unpaired) electrons. The Hall–Kier alpha value is -2.05. The summed E-state index contributed by atoms with van der Waals surface area (Å²) in [7, 11) is -0.485. The van der Waals surface area contributed by atoms with Crippen LogP contribution in [0.2, 0.25) is 0 Å². The molecule has 1 atom stereocenters. The van der Waals surface area contributed by atoms with E-state index in [1.807, 2.05) is 18.2 Å². The first kappa shape index (κ1) is 19.3. The van der Waals surface area contributed by atoms with Gasteiger partial charge >= 0.3 is 0 Å². The molecule has 0 fully saturated rings. The van der Waals surface area contributed by atoms with E-state index in [9.17, 15) is 8.42 Å². The van der Waals surface area contributed by atoms with Gasteiger partial charge in [-0.2, -0.15) is 0 Å². The molecule has 136 valence electrons. The quantitative estimate of drug-likeness (QED) is 0.777. The zero-order valence-corrected chi connectivity index (χ0v) is 15.9. The van der Waals surface area contributed by atoms with E-state index in [4.69, 9.17) is 9.47 Å². The van der Waals surface area contributed by atoms with Crippen LogP contribution in [-0.4, -0.2) is 22.6 Å². The van der Waals surface area contributed by atoms with E-state index in [0.717, 1.165) is 24.0 Å². The number of methoxy groups -OCH3 is 2. The first-order chi connectivity index (χ1) is 11.9. The highest BCUT2D eigenvalue weighted by atomic mass is 32.2. The van der Waals surface area contributed by atoms with Crippen molar-refractivity contribution < 1.29 is 17.9 Å². The molecule has 25 heavy (non-hydrogen) atoms. The molecule has 2 rings (SSSR count). The Morgan fingerprint density at radius 3 is 2.20 bits per heavy atom. The second-order valence-electron chi connectivity index (χ2n) is 5.85. The maximum atomic E-state index is 12.6. The Bertz CT molecular complexity index is 801. The van der Waals surface area contributed by atoms with E-state index in [1.54, 1.807) is 45.4 Å². The van der Waals surface area contributed by atoms with Crippen molar-refractivity contribution in [3.05, 3.63) is 53.6 Å². The lowest BCUT2D eigenvalue weighted by molar-refractivity contribution is 0.354. The average molecular weight is 363 g/mol. The van der Waals surface area contributed by atoms with Gasteiger partial charge < -0.3 is 9.47 Å². The molecular weight excluding hydrogens is 338 g/mol. The van der Waals surface area contributed by atoms with Crippen LogP contribution in [0.5, 0.6) is 11.5 Å². The second-order valence-corrected chi connectivity index (χ2v) is 7.57. The maximum absolute atomic E-state index is 12.6. The van der Waals surface area contributed by atoms with Crippen LogP contribution >= 0.6 is 0 Å². The van der Waals surface area contributed by atoms with Gasteiger partial charge in [0, 0.05) is 6.04 Å². The van der Waals surface area contributed by atoms with Gasteiger partial charge in [0.05, 0.1) is 19.1 Å². The third kappa shape index (κ3) is 4.74. The Kier molecular flexibility index (Phi) is 6.45. The fraction of sp³-hybridized carbons (Fsp3) is 0.368. The molecule has 0 bridgehead atoms. The number of nitrogens with one attached hydrogen (secondary N) is 1. The monoisotopic (exact) mass is 363 g/mol. The fourth-order valence-corrected chi connectivity index (χ4v) is 3.85. The molecule has 1 N–H and O–H groups in total. The molecule has 2 aromatic rings. The minimum absolute atomic E-state index is 0.264. The summed E-state index contributed by atoms with van der Waals surface area (Å²) in [6.45, 7) is 3.89.